The number of nitrogens with zero attached hydrogens (tertiary/aromatic N) is 4. The number of hydrogen-bond donors (Lipinski definition) is 2. The summed E-state index contributed by atoms with van der Waals surface area (Å²) in [6.07, 6.45) is 3.88. The quantitative estimate of drug-likeness (QED) is 0.462. The van der Waals surface area contributed by atoms with Crippen LogP contribution in [0.5, 0.6) is 0 Å². The molecule has 0 atom stereocenters. The standard InChI is InChI=1S/C15H24N6O2/c1-5-7-8-9-21-11-12(20(4)15(23)17-13(11)22)16-14(21)19-18-10(3)6-2/h5-9H2,1-4H3,(H,16,19)(H,17,22,23). The van der Waals surface area contributed by atoms with Crippen LogP contribution in [-0.4, -0.2) is 24.8 Å². The van der Waals surface area contributed by atoms with Crippen LogP contribution >= 0.6 is 0 Å². The van der Waals surface area contributed by atoms with Crippen molar-refractivity contribution in [3.05, 3.63) is 20.8 Å². The summed E-state index contributed by atoms with van der Waals surface area (Å²) in [6, 6.07) is 0. The SMILES string of the molecule is CCCCCn1c(NN=C(C)CC)nc2c1c(=O)[nH]c(=O)n2C. The van der Waals surface area contributed by atoms with E-state index in [1.807, 2.05) is 13.8 Å². The molecule has 0 aliphatic carbocycles. The Balaban J connectivity index is 2.57. The van der Waals surface area contributed by atoms with Crippen molar-refractivity contribution in [2.24, 2.45) is 12.1 Å². The van der Waals surface area contributed by atoms with E-state index in [2.05, 4.69) is 27.4 Å². The van der Waals surface area contributed by atoms with Crippen molar-refractivity contribution >= 4 is 22.8 Å². The van der Waals surface area contributed by atoms with Crippen molar-refractivity contribution < 1.29 is 0 Å². The van der Waals surface area contributed by atoms with Gasteiger partial charge in [0.05, 0.1) is 0 Å². The lowest BCUT2D eigenvalue weighted by atomic mass is 10.2. The summed E-state index contributed by atoms with van der Waals surface area (Å²) in [5, 5.41) is 4.26. The van der Waals surface area contributed by atoms with E-state index in [9.17, 15) is 9.59 Å². The number of unbranched alkanes of at least 4 members (excludes halogenated alkanes) is 2. The molecular weight excluding hydrogens is 296 g/mol. The molecule has 23 heavy (non-hydrogen) atoms. The number of imidazole rings is 1. The molecule has 0 radical (unpaired) electrons. The van der Waals surface area contributed by atoms with Gasteiger partial charge in [-0.1, -0.05) is 26.7 Å². The van der Waals surface area contributed by atoms with Crippen molar-refractivity contribution in [1.82, 2.24) is 19.1 Å². The van der Waals surface area contributed by atoms with E-state index in [0.29, 0.717) is 23.7 Å². The van der Waals surface area contributed by atoms with Crippen LogP contribution in [0.2, 0.25) is 0 Å². The van der Waals surface area contributed by atoms with E-state index in [1.165, 1.54) is 4.57 Å². The van der Waals surface area contributed by atoms with Gasteiger partial charge in [-0.15, -0.1) is 0 Å². The van der Waals surface area contributed by atoms with Crippen LogP contribution in [0.3, 0.4) is 0 Å². The summed E-state index contributed by atoms with van der Waals surface area (Å²) >= 11 is 0. The van der Waals surface area contributed by atoms with E-state index in [-0.39, 0.29) is 0 Å². The second kappa shape index (κ2) is 7.26. The van der Waals surface area contributed by atoms with Gasteiger partial charge in [-0.2, -0.15) is 10.1 Å². The van der Waals surface area contributed by atoms with Gasteiger partial charge in [-0.25, -0.2) is 10.2 Å². The lowest BCUT2D eigenvalue weighted by Gasteiger charge is -2.08. The maximum atomic E-state index is 12.2. The molecule has 0 aromatic carbocycles. The lowest BCUT2D eigenvalue weighted by Crippen LogP contribution is -2.29. The second-order valence-corrected chi connectivity index (χ2v) is 5.60. The summed E-state index contributed by atoms with van der Waals surface area (Å²) in [4.78, 5) is 30.7. The fourth-order valence-electron chi connectivity index (χ4n) is 2.28. The first-order chi connectivity index (χ1) is 11.0. The Morgan fingerprint density at radius 1 is 1.30 bits per heavy atom. The maximum absolute atomic E-state index is 12.2. The molecule has 0 saturated heterocycles. The molecule has 0 aliphatic rings. The molecule has 2 rings (SSSR count). The molecule has 126 valence electrons. The van der Waals surface area contributed by atoms with E-state index in [4.69, 9.17) is 0 Å². The fourth-order valence-corrected chi connectivity index (χ4v) is 2.28. The number of nitrogens with one attached hydrogen (secondary N) is 2. The number of hydrogen-bond acceptors (Lipinski definition) is 5. The largest absolute Gasteiger partial charge is 0.329 e. The summed E-state index contributed by atoms with van der Waals surface area (Å²) in [6.45, 7) is 6.70. The topological polar surface area (TPSA) is 97.1 Å². The minimum atomic E-state index is -0.472. The van der Waals surface area contributed by atoms with Crippen molar-refractivity contribution in [2.75, 3.05) is 5.43 Å². The van der Waals surface area contributed by atoms with Gasteiger partial charge in [0.2, 0.25) is 5.95 Å². The van der Waals surface area contributed by atoms with Gasteiger partial charge in [-0.05, 0) is 19.8 Å². The number of hydrazone groups is 1. The number of rotatable bonds is 7. The monoisotopic (exact) mass is 320 g/mol. The summed E-state index contributed by atoms with van der Waals surface area (Å²) in [7, 11) is 1.59. The second-order valence-electron chi connectivity index (χ2n) is 5.60. The van der Waals surface area contributed by atoms with Gasteiger partial charge in [0.1, 0.15) is 0 Å². The van der Waals surface area contributed by atoms with Crippen LogP contribution in [0.25, 0.3) is 11.2 Å². The summed E-state index contributed by atoms with van der Waals surface area (Å²) < 4.78 is 3.14. The van der Waals surface area contributed by atoms with Crippen LogP contribution < -0.4 is 16.7 Å². The molecule has 2 aromatic heterocycles. The lowest BCUT2D eigenvalue weighted by molar-refractivity contribution is 0.615. The highest BCUT2D eigenvalue weighted by atomic mass is 16.2. The van der Waals surface area contributed by atoms with Crippen LogP contribution in [0.4, 0.5) is 5.95 Å². The van der Waals surface area contributed by atoms with Gasteiger partial charge >= 0.3 is 5.69 Å². The van der Waals surface area contributed by atoms with E-state index < -0.39 is 11.2 Å². The third kappa shape index (κ3) is 3.52. The van der Waals surface area contributed by atoms with E-state index in [0.717, 1.165) is 31.4 Å². The zero-order chi connectivity index (χ0) is 17.0. The highest BCUT2D eigenvalue weighted by molar-refractivity contribution is 5.82. The first-order valence-corrected chi connectivity index (χ1v) is 7.98. The maximum Gasteiger partial charge on any atom is 0.329 e. The average Bonchev–Trinajstić information content (AvgIpc) is 2.90. The molecule has 0 unspecified atom stereocenters. The van der Waals surface area contributed by atoms with Crippen LogP contribution in [0, 0.1) is 0 Å². The first-order valence-electron chi connectivity index (χ1n) is 7.98. The van der Waals surface area contributed by atoms with Crippen LogP contribution in [-0.2, 0) is 13.6 Å². The molecule has 0 saturated carbocycles. The Morgan fingerprint density at radius 2 is 2.04 bits per heavy atom. The Kier molecular flexibility index (Phi) is 5.36. The fraction of sp³-hybridized carbons (Fsp3) is 0.600. The smallest absolute Gasteiger partial charge is 0.303 e. The summed E-state index contributed by atoms with van der Waals surface area (Å²) in [5.74, 6) is 0.482. The number of fused-ring (bicyclic) bond motifs is 1. The molecule has 2 N–H and O–H groups in total. The number of aromatic amines is 1. The van der Waals surface area contributed by atoms with Crippen molar-refractivity contribution in [2.45, 2.75) is 53.0 Å². The third-order valence-corrected chi connectivity index (χ3v) is 3.85. The predicted molar refractivity (Wildman–Crippen MR) is 92.1 cm³/mol. The van der Waals surface area contributed by atoms with Gasteiger partial charge < -0.3 is 4.57 Å². The van der Waals surface area contributed by atoms with Gasteiger partial charge in [0.15, 0.2) is 11.2 Å². The van der Waals surface area contributed by atoms with Crippen molar-refractivity contribution in [1.29, 1.82) is 0 Å². The Bertz CT molecular complexity index is 827. The highest BCUT2D eigenvalue weighted by Gasteiger charge is 2.16. The third-order valence-electron chi connectivity index (χ3n) is 3.85. The van der Waals surface area contributed by atoms with Crippen molar-refractivity contribution in [3.8, 4) is 0 Å². The number of anilines is 1. The first kappa shape index (κ1) is 17.0. The van der Waals surface area contributed by atoms with Crippen molar-refractivity contribution in [3.63, 3.8) is 0 Å². The Labute approximate surface area is 134 Å². The summed E-state index contributed by atoms with van der Waals surface area (Å²) in [5.41, 5.74) is 3.73. The number of aromatic nitrogens is 4. The van der Waals surface area contributed by atoms with Gasteiger partial charge in [0, 0.05) is 19.3 Å². The molecule has 2 aromatic rings. The van der Waals surface area contributed by atoms with Gasteiger partial charge in [-0.3, -0.25) is 14.3 Å². The molecule has 0 aliphatic heterocycles. The molecule has 0 amide bonds. The molecule has 0 bridgehead atoms. The zero-order valence-electron chi connectivity index (χ0n) is 14.1. The highest BCUT2D eigenvalue weighted by Crippen LogP contribution is 2.16. The Hall–Kier alpha value is -2.38. The minimum absolute atomic E-state index is 0.363. The molecule has 2 heterocycles. The van der Waals surface area contributed by atoms with Crippen LogP contribution in [0.15, 0.2) is 14.7 Å². The minimum Gasteiger partial charge on any atom is -0.303 e. The molecule has 0 spiro atoms. The Morgan fingerprint density at radius 3 is 2.70 bits per heavy atom. The number of H-pyrrole nitrogens is 1. The molecule has 8 heteroatoms. The van der Waals surface area contributed by atoms with E-state index >= 15 is 0 Å². The molecule has 0 fully saturated rings. The van der Waals surface area contributed by atoms with Crippen LogP contribution in [0.1, 0.15) is 46.5 Å². The predicted octanol–water partition coefficient (Wildman–Crippen LogP) is 1.81. The number of aryl methyl sites for hydroxylation is 2. The average molecular weight is 320 g/mol. The molecule has 8 nitrogen and oxygen atoms in total. The van der Waals surface area contributed by atoms with E-state index in [1.54, 1.807) is 11.6 Å². The van der Waals surface area contributed by atoms with Gasteiger partial charge in [0.25, 0.3) is 5.56 Å². The zero-order valence-corrected chi connectivity index (χ0v) is 14.1. The molecular formula is C15H24N6O2. The normalized spacial score (nSPS) is 12.1.